The number of hydrogen-bond acceptors (Lipinski definition) is 4. The van der Waals surface area contributed by atoms with Crippen molar-refractivity contribution in [1.29, 1.82) is 0 Å². The zero-order valence-corrected chi connectivity index (χ0v) is 18.7. The van der Waals surface area contributed by atoms with Crippen LogP contribution in [0.3, 0.4) is 0 Å². The van der Waals surface area contributed by atoms with Crippen LogP contribution in [0.25, 0.3) is 0 Å². The Kier molecular flexibility index (Phi) is 8.73. The number of nitrogens with one attached hydrogen (secondary N) is 2. The largest absolute Gasteiger partial charge is 0.497 e. The summed E-state index contributed by atoms with van der Waals surface area (Å²) in [4.78, 5) is 12.4. The maximum absolute atomic E-state index is 12.4. The van der Waals surface area contributed by atoms with Crippen molar-refractivity contribution in [2.45, 2.75) is 26.8 Å². The number of thiocarbonyl (C=S) groups is 1. The standard InChI is InChI=1S/C21H25BrN2O3S/c1-14(2)10-11-27-19-9-6-16(12-18(19)22)20(25)24-21(28)23-13-15-4-7-17(26-3)8-5-15/h4-9,12,14H,10-11,13H2,1-3H3,(H2,23,24,25,28). The van der Waals surface area contributed by atoms with E-state index in [0.717, 1.165) is 28.0 Å². The molecule has 0 aliphatic heterocycles. The molecule has 2 rings (SSSR count). The number of halogens is 1. The monoisotopic (exact) mass is 464 g/mol. The topological polar surface area (TPSA) is 59.6 Å². The van der Waals surface area contributed by atoms with E-state index in [-0.39, 0.29) is 11.0 Å². The summed E-state index contributed by atoms with van der Waals surface area (Å²) >= 11 is 8.67. The highest BCUT2D eigenvalue weighted by atomic mass is 79.9. The number of hydrogen-bond donors (Lipinski definition) is 2. The fourth-order valence-electron chi connectivity index (χ4n) is 2.31. The predicted molar refractivity (Wildman–Crippen MR) is 119 cm³/mol. The van der Waals surface area contributed by atoms with E-state index in [1.165, 1.54) is 0 Å². The number of methoxy groups -OCH3 is 1. The Balaban J connectivity index is 1.85. The first kappa shape index (κ1) is 22.2. The Morgan fingerprint density at radius 2 is 1.89 bits per heavy atom. The first-order chi connectivity index (χ1) is 13.4. The van der Waals surface area contributed by atoms with E-state index < -0.39 is 0 Å². The van der Waals surface area contributed by atoms with Gasteiger partial charge < -0.3 is 14.8 Å². The van der Waals surface area contributed by atoms with E-state index in [4.69, 9.17) is 21.7 Å². The van der Waals surface area contributed by atoms with Crippen LogP contribution >= 0.6 is 28.1 Å². The lowest BCUT2D eigenvalue weighted by atomic mass is 10.1. The van der Waals surface area contributed by atoms with Crippen molar-refractivity contribution >= 4 is 39.2 Å². The summed E-state index contributed by atoms with van der Waals surface area (Å²) in [6.45, 7) is 5.45. The van der Waals surface area contributed by atoms with E-state index in [1.54, 1.807) is 25.3 Å². The molecular formula is C21H25BrN2O3S. The van der Waals surface area contributed by atoms with Gasteiger partial charge in [-0.25, -0.2) is 0 Å². The van der Waals surface area contributed by atoms with Crippen LogP contribution < -0.4 is 20.1 Å². The third-order valence-corrected chi connectivity index (χ3v) is 4.85. The second kappa shape index (κ2) is 11.0. The molecule has 0 unspecified atom stereocenters. The maximum atomic E-state index is 12.4. The van der Waals surface area contributed by atoms with Gasteiger partial charge >= 0.3 is 0 Å². The van der Waals surface area contributed by atoms with Crippen molar-refractivity contribution < 1.29 is 14.3 Å². The van der Waals surface area contributed by atoms with Gasteiger partial charge in [0.05, 0.1) is 18.2 Å². The zero-order valence-electron chi connectivity index (χ0n) is 16.3. The van der Waals surface area contributed by atoms with Gasteiger partial charge in [0.1, 0.15) is 11.5 Å². The first-order valence-corrected chi connectivity index (χ1v) is 10.2. The van der Waals surface area contributed by atoms with Gasteiger partial charge in [-0.1, -0.05) is 26.0 Å². The molecule has 0 atom stereocenters. The second-order valence-electron chi connectivity index (χ2n) is 6.66. The molecule has 2 aromatic rings. The molecule has 2 N–H and O–H groups in total. The molecule has 0 aliphatic rings. The zero-order chi connectivity index (χ0) is 20.5. The van der Waals surface area contributed by atoms with Gasteiger partial charge in [0.2, 0.25) is 0 Å². The molecule has 0 spiro atoms. The number of carbonyl (C=O) groups excluding carboxylic acids is 1. The van der Waals surface area contributed by atoms with E-state index in [9.17, 15) is 4.79 Å². The molecule has 0 aliphatic carbocycles. The summed E-state index contributed by atoms with van der Waals surface area (Å²) in [5.74, 6) is 1.82. The van der Waals surface area contributed by atoms with Gasteiger partial charge in [-0.3, -0.25) is 10.1 Å². The molecule has 2 aromatic carbocycles. The van der Waals surface area contributed by atoms with Crippen molar-refractivity contribution in [1.82, 2.24) is 10.6 Å². The van der Waals surface area contributed by atoms with Crippen molar-refractivity contribution in [3.63, 3.8) is 0 Å². The minimum atomic E-state index is -0.276. The van der Waals surface area contributed by atoms with Crippen molar-refractivity contribution in [2.75, 3.05) is 13.7 Å². The lowest BCUT2D eigenvalue weighted by Crippen LogP contribution is -2.38. The van der Waals surface area contributed by atoms with Crippen LogP contribution in [0.15, 0.2) is 46.9 Å². The molecule has 0 heterocycles. The summed E-state index contributed by atoms with van der Waals surface area (Å²) in [7, 11) is 1.63. The summed E-state index contributed by atoms with van der Waals surface area (Å²) in [6.07, 6.45) is 0.975. The lowest BCUT2D eigenvalue weighted by Gasteiger charge is -2.12. The fraction of sp³-hybridized carbons (Fsp3) is 0.333. The second-order valence-corrected chi connectivity index (χ2v) is 7.92. The minimum absolute atomic E-state index is 0.272. The maximum Gasteiger partial charge on any atom is 0.257 e. The average Bonchev–Trinajstić information content (AvgIpc) is 2.67. The molecule has 1 amide bonds. The SMILES string of the molecule is COc1ccc(CNC(=S)NC(=O)c2ccc(OCCC(C)C)c(Br)c2)cc1. The number of rotatable bonds is 8. The lowest BCUT2D eigenvalue weighted by molar-refractivity contribution is 0.0976. The number of amides is 1. The third-order valence-electron chi connectivity index (χ3n) is 3.99. The number of ether oxygens (including phenoxy) is 2. The average molecular weight is 465 g/mol. The van der Waals surface area contributed by atoms with Gasteiger partial charge in [-0.15, -0.1) is 0 Å². The molecule has 0 saturated carbocycles. The molecule has 7 heteroatoms. The van der Waals surface area contributed by atoms with Crippen LogP contribution in [0.4, 0.5) is 0 Å². The highest BCUT2D eigenvalue weighted by Gasteiger charge is 2.11. The Bertz CT molecular complexity index is 810. The Labute approximate surface area is 179 Å². The van der Waals surface area contributed by atoms with Crippen LogP contribution in [-0.2, 0) is 6.54 Å². The molecule has 0 saturated heterocycles. The van der Waals surface area contributed by atoms with E-state index in [2.05, 4.69) is 40.4 Å². The van der Waals surface area contributed by atoms with Crippen LogP contribution in [0.1, 0.15) is 36.2 Å². The van der Waals surface area contributed by atoms with Gasteiger partial charge in [0.15, 0.2) is 5.11 Å². The first-order valence-electron chi connectivity index (χ1n) is 9.03. The smallest absolute Gasteiger partial charge is 0.257 e. The van der Waals surface area contributed by atoms with E-state index >= 15 is 0 Å². The van der Waals surface area contributed by atoms with Crippen LogP contribution in [0, 0.1) is 5.92 Å². The van der Waals surface area contributed by atoms with Crippen molar-refractivity contribution in [2.24, 2.45) is 5.92 Å². The van der Waals surface area contributed by atoms with Gasteiger partial charge in [-0.2, -0.15) is 0 Å². The molecule has 0 fully saturated rings. The van der Waals surface area contributed by atoms with E-state index in [1.807, 2.05) is 24.3 Å². The summed E-state index contributed by atoms with van der Waals surface area (Å²) in [5.41, 5.74) is 1.53. The van der Waals surface area contributed by atoms with Crippen LogP contribution in [0.5, 0.6) is 11.5 Å². The van der Waals surface area contributed by atoms with Crippen LogP contribution in [0.2, 0.25) is 0 Å². The molecule has 150 valence electrons. The molecule has 0 aromatic heterocycles. The number of carbonyl (C=O) groups is 1. The van der Waals surface area contributed by atoms with Crippen molar-refractivity contribution in [3.8, 4) is 11.5 Å². The predicted octanol–water partition coefficient (Wildman–Crippen LogP) is 4.69. The fourth-order valence-corrected chi connectivity index (χ4v) is 2.97. The third kappa shape index (κ3) is 7.13. The minimum Gasteiger partial charge on any atom is -0.497 e. The van der Waals surface area contributed by atoms with Gasteiger partial charge in [0.25, 0.3) is 5.91 Å². The molecular weight excluding hydrogens is 440 g/mol. The Hall–Kier alpha value is -2.12. The Morgan fingerprint density at radius 3 is 2.50 bits per heavy atom. The van der Waals surface area contributed by atoms with Crippen LogP contribution in [-0.4, -0.2) is 24.7 Å². The summed E-state index contributed by atoms with van der Waals surface area (Å²) in [5, 5.41) is 5.99. The van der Waals surface area contributed by atoms with Gasteiger partial charge in [0, 0.05) is 12.1 Å². The summed E-state index contributed by atoms with van der Waals surface area (Å²) in [6, 6.07) is 12.9. The highest BCUT2D eigenvalue weighted by molar-refractivity contribution is 9.10. The highest BCUT2D eigenvalue weighted by Crippen LogP contribution is 2.26. The Morgan fingerprint density at radius 1 is 1.18 bits per heavy atom. The van der Waals surface area contributed by atoms with E-state index in [0.29, 0.717) is 24.6 Å². The normalized spacial score (nSPS) is 10.5. The molecule has 0 radical (unpaired) electrons. The quantitative estimate of drug-likeness (QED) is 0.555. The number of benzene rings is 2. The molecule has 0 bridgehead atoms. The molecule has 28 heavy (non-hydrogen) atoms. The van der Waals surface area contributed by atoms with Gasteiger partial charge in [-0.05, 0) is 76.4 Å². The van der Waals surface area contributed by atoms with Crippen molar-refractivity contribution in [3.05, 3.63) is 58.1 Å². The molecule has 5 nitrogen and oxygen atoms in total. The summed E-state index contributed by atoms with van der Waals surface area (Å²) < 4.78 is 11.6.